The van der Waals surface area contributed by atoms with Gasteiger partial charge in [0.15, 0.2) is 5.76 Å². The van der Waals surface area contributed by atoms with Crippen molar-refractivity contribution < 1.29 is 23.2 Å². The number of rotatable bonds is 4. The lowest BCUT2D eigenvalue weighted by Crippen LogP contribution is -2.41. The summed E-state index contributed by atoms with van der Waals surface area (Å²) >= 11 is 0. The van der Waals surface area contributed by atoms with Gasteiger partial charge in [-0.15, -0.1) is 0 Å². The molecular weight excluding hydrogens is 462 g/mol. The molecule has 10 nitrogen and oxygen atoms in total. The number of hydrazine groups is 1. The number of carbonyl (C=O) groups excluding carboxylic acids is 3. The van der Waals surface area contributed by atoms with Crippen LogP contribution < -0.4 is 16.3 Å². The predicted octanol–water partition coefficient (Wildman–Crippen LogP) is 3.58. The van der Waals surface area contributed by atoms with Crippen molar-refractivity contribution in [3.63, 3.8) is 0 Å². The van der Waals surface area contributed by atoms with E-state index in [1.54, 1.807) is 19.9 Å². The summed E-state index contributed by atoms with van der Waals surface area (Å²) < 4.78 is 10.9. The molecule has 0 atom stereocenters. The van der Waals surface area contributed by atoms with Gasteiger partial charge in [-0.25, -0.2) is 10.4 Å². The Kier molecular flexibility index (Phi) is 6.07. The summed E-state index contributed by atoms with van der Waals surface area (Å²) in [5.74, 6) is -0.417. The number of benzene rings is 1. The van der Waals surface area contributed by atoms with Crippen molar-refractivity contribution in [2.24, 2.45) is 5.10 Å². The first-order chi connectivity index (χ1) is 17.4. The molecule has 5 rings (SSSR count). The average Bonchev–Trinajstić information content (AvgIpc) is 3.48. The Bertz CT molecular complexity index is 1530. The highest BCUT2D eigenvalue weighted by Crippen LogP contribution is 2.29. The van der Waals surface area contributed by atoms with Gasteiger partial charge < -0.3 is 8.83 Å². The monoisotopic (exact) mass is 485 g/mol. The molecule has 0 unspecified atom stereocenters. The summed E-state index contributed by atoms with van der Waals surface area (Å²) in [5, 5.41) is 5.28. The van der Waals surface area contributed by atoms with E-state index in [2.05, 4.69) is 26.4 Å². The number of nitrogens with one attached hydrogen (secondary N) is 3. The summed E-state index contributed by atoms with van der Waals surface area (Å²) in [6, 6.07) is 12.5. The van der Waals surface area contributed by atoms with E-state index in [1.807, 2.05) is 30.3 Å². The third-order valence-corrected chi connectivity index (χ3v) is 6.05. The summed E-state index contributed by atoms with van der Waals surface area (Å²) in [4.78, 5) is 42.1. The maximum absolute atomic E-state index is 12.7. The molecule has 3 heterocycles. The average molecular weight is 486 g/mol. The molecule has 0 aliphatic heterocycles. The molecule has 0 spiro atoms. The fourth-order valence-electron chi connectivity index (χ4n) is 4.22. The molecule has 1 aliphatic rings. The number of hydrogen-bond donors (Lipinski definition) is 3. The number of aryl methyl sites for hydroxylation is 2. The summed E-state index contributed by atoms with van der Waals surface area (Å²) in [6.07, 6.45) is 3.38. The highest BCUT2D eigenvalue weighted by Gasteiger charge is 2.28. The van der Waals surface area contributed by atoms with Crippen LogP contribution in [0.1, 0.15) is 66.9 Å². The van der Waals surface area contributed by atoms with Crippen molar-refractivity contribution in [2.45, 2.75) is 33.1 Å². The second-order valence-corrected chi connectivity index (χ2v) is 8.40. The number of furan rings is 2. The van der Waals surface area contributed by atoms with Gasteiger partial charge in [-0.3, -0.25) is 25.2 Å². The molecule has 0 saturated heterocycles. The predicted molar refractivity (Wildman–Crippen MR) is 131 cm³/mol. The number of carbonyl (C=O) groups is 3. The topological polar surface area (TPSA) is 139 Å². The number of pyridine rings is 1. The van der Waals surface area contributed by atoms with Gasteiger partial charge in [-0.05, 0) is 44.9 Å². The van der Waals surface area contributed by atoms with Gasteiger partial charge in [0.2, 0.25) is 0 Å². The van der Waals surface area contributed by atoms with Crippen LogP contribution in [0.4, 0.5) is 0 Å². The maximum atomic E-state index is 12.7. The highest BCUT2D eigenvalue weighted by molar-refractivity contribution is 6.07. The smallest absolute Gasteiger partial charge is 0.305 e. The van der Waals surface area contributed by atoms with Crippen LogP contribution in [0.5, 0.6) is 0 Å². The van der Waals surface area contributed by atoms with Crippen molar-refractivity contribution in [3.05, 3.63) is 88.4 Å². The maximum Gasteiger partial charge on any atom is 0.305 e. The first-order valence-corrected chi connectivity index (χ1v) is 11.4. The number of nitrogens with zero attached hydrogens (tertiary/aromatic N) is 2. The Morgan fingerprint density at radius 2 is 1.75 bits per heavy atom. The quantitative estimate of drug-likeness (QED) is 0.378. The van der Waals surface area contributed by atoms with E-state index in [1.165, 1.54) is 12.3 Å². The zero-order valence-corrected chi connectivity index (χ0v) is 19.7. The molecule has 10 heteroatoms. The Morgan fingerprint density at radius 3 is 2.56 bits per heavy atom. The minimum Gasteiger partial charge on any atom is -0.469 e. The molecule has 3 aromatic heterocycles. The minimum absolute atomic E-state index is 0.0707. The zero-order chi connectivity index (χ0) is 25.2. The molecule has 0 fully saturated rings. The van der Waals surface area contributed by atoms with Gasteiger partial charge in [0.25, 0.3) is 11.8 Å². The van der Waals surface area contributed by atoms with Crippen LogP contribution in [0, 0.1) is 13.8 Å². The molecule has 182 valence electrons. The van der Waals surface area contributed by atoms with Crippen LogP contribution in [0.2, 0.25) is 0 Å². The van der Waals surface area contributed by atoms with E-state index in [4.69, 9.17) is 8.83 Å². The van der Waals surface area contributed by atoms with E-state index in [9.17, 15) is 14.4 Å². The Morgan fingerprint density at radius 1 is 0.944 bits per heavy atom. The highest BCUT2D eigenvalue weighted by atomic mass is 16.4. The second kappa shape index (κ2) is 9.49. The van der Waals surface area contributed by atoms with Gasteiger partial charge in [0.1, 0.15) is 17.2 Å². The molecule has 3 amide bonds. The third kappa shape index (κ3) is 4.36. The number of hydrogen-bond acceptors (Lipinski definition) is 7. The largest absolute Gasteiger partial charge is 0.469 e. The summed E-state index contributed by atoms with van der Waals surface area (Å²) in [7, 11) is 0. The van der Waals surface area contributed by atoms with E-state index >= 15 is 0 Å². The van der Waals surface area contributed by atoms with Crippen molar-refractivity contribution in [2.75, 3.05) is 0 Å². The molecule has 0 radical (unpaired) electrons. The Hall–Kier alpha value is -4.73. The lowest BCUT2D eigenvalue weighted by atomic mass is 9.93. The molecule has 1 aromatic carbocycles. The van der Waals surface area contributed by atoms with Crippen molar-refractivity contribution in [1.29, 1.82) is 0 Å². The molecule has 0 saturated carbocycles. The fraction of sp³-hybridized carbons (Fsp3) is 0.192. The fourth-order valence-corrected chi connectivity index (χ4v) is 4.22. The van der Waals surface area contributed by atoms with Crippen LogP contribution >= 0.6 is 0 Å². The van der Waals surface area contributed by atoms with Gasteiger partial charge in [0, 0.05) is 22.9 Å². The standard InChI is InChI=1S/C26H23N5O5/c1-14-22-19(28-30-25(33)20-11-10-16-6-3-4-7-18(16)27-20)8-5-9-21(22)36-23(14)26(34)31-29-24(32)17-12-13-35-15(17)2/h3-4,6-7,10-13H,5,8-9H2,1-2H3,(H,29,32)(H,30,33)(H,31,34)/b28-19+. The summed E-state index contributed by atoms with van der Waals surface area (Å²) in [6.45, 7) is 3.39. The van der Waals surface area contributed by atoms with Crippen molar-refractivity contribution in [1.82, 2.24) is 21.3 Å². The summed E-state index contributed by atoms with van der Waals surface area (Å²) in [5.41, 5.74) is 10.5. The van der Waals surface area contributed by atoms with E-state index in [-0.39, 0.29) is 11.5 Å². The molecular formula is C26H23N5O5. The first-order valence-electron chi connectivity index (χ1n) is 11.4. The molecule has 3 N–H and O–H groups in total. The first kappa shape index (κ1) is 23.0. The molecule has 0 bridgehead atoms. The zero-order valence-electron chi connectivity index (χ0n) is 19.7. The van der Waals surface area contributed by atoms with Gasteiger partial charge >= 0.3 is 5.91 Å². The SMILES string of the molecule is Cc1occc1C(=O)NNC(=O)c1oc2c(c1C)/C(=N/NC(=O)c1ccc3ccccc3n1)CCC2. The third-order valence-electron chi connectivity index (χ3n) is 6.05. The molecule has 36 heavy (non-hydrogen) atoms. The van der Waals surface area contributed by atoms with Gasteiger partial charge in [0.05, 0.1) is 23.1 Å². The Labute approximate surface area is 205 Å². The Balaban J connectivity index is 1.31. The van der Waals surface area contributed by atoms with Crippen LogP contribution in [0.25, 0.3) is 10.9 Å². The van der Waals surface area contributed by atoms with Gasteiger partial charge in [-0.1, -0.05) is 24.3 Å². The number of fused-ring (bicyclic) bond motifs is 2. The van der Waals surface area contributed by atoms with Crippen LogP contribution in [0.15, 0.2) is 62.7 Å². The second-order valence-electron chi connectivity index (χ2n) is 8.40. The number of hydrazone groups is 1. The van der Waals surface area contributed by atoms with Crippen LogP contribution in [-0.4, -0.2) is 28.4 Å². The number of amides is 3. The normalized spacial score (nSPS) is 13.9. The van der Waals surface area contributed by atoms with Crippen LogP contribution in [-0.2, 0) is 6.42 Å². The molecule has 4 aromatic rings. The van der Waals surface area contributed by atoms with Gasteiger partial charge in [-0.2, -0.15) is 5.10 Å². The lowest BCUT2D eigenvalue weighted by Gasteiger charge is -2.13. The minimum atomic E-state index is -0.597. The number of para-hydroxylation sites is 1. The molecule has 1 aliphatic carbocycles. The van der Waals surface area contributed by atoms with Crippen molar-refractivity contribution in [3.8, 4) is 0 Å². The van der Waals surface area contributed by atoms with E-state index < -0.39 is 17.7 Å². The lowest BCUT2D eigenvalue weighted by molar-refractivity contribution is 0.0828. The van der Waals surface area contributed by atoms with E-state index in [0.29, 0.717) is 52.3 Å². The van der Waals surface area contributed by atoms with E-state index in [0.717, 1.165) is 11.8 Å². The number of aromatic nitrogens is 1. The van der Waals surface area contributed by atoms with Crippen LogP contribution in [0.3, 0.4) is 0 Å². The van der Waals surface area contributed by atoms with Crippen molar-refractivity contribution >= 4 is 34.3 Å².